The number of benzene rings is 1. The third-order valence-corrected chi connectivity index (χ3v) is 6.86. The maximum absolute atomic E-state index is 11.5. The normalized spacial score (nSPS) is 17.2. The first-order valence-corrected chi connectivity index (χ1v) is 12.2. The second kappa shape index (κ2) is 9.54. The molecule has 36 heavy (non-hydrogen) atoms. The highest BCUT2D eigenvalue weighted by Crippen LogP contribution is 2.43. The van der Waals surface area contributed by atoms with E-state index in [9.17, 15) is 4.79 Å². The second-order valence-corrected chi connectivity index (χ2v) is 9.42. The van der Waals surface area contributed by atoms with Gasteiger partial charge in [0.2, 0.25) is 5.91 Å². The van der Waals surface area contributed by atoms with E-state index in [0.29, 0.717) is 5.11 Å². The standard InChI is InChI=1S/C28H28N6OS/c1-17-8-7-15-30-27(17)33-18(2)16-23(19(33)3)26-25(24-9-5-6-14-29-24)32-28(36)34(26)22-12-10-21(11-13-22)31-20(4)35/h5-16,25-26H,1-4H3,(H,31,35)(H,32,36)/t25-,26-/m0/s1. The van der Waals surface area contributed by atoms with Gasteiger partial charge >= 0.3 is 0 Å². The highest BCUT2D eigenvalue weighted by Gasteiger charge is 2.42. The summed E-state index contributed by atoms with van der Waals surface area (Å²) in [6, 6.07) is 19.7. The zero-order chi connectivity index (χ0) is 25.4. The molecule has 3 aromatic heterocycles. The van der Waals surface area contributed by atoms with Gasteiger partial charge in [0, 0.05) is 42.1 Å². The minimum Gasteiger partial charge on any atom is -0.351 e. The zero-order valence-electron chi connectivity index (χ0n) is 20.7. The average molecular weight is 497 g/mol. The van der Waals surface area contributed by atoms with Crippen LogP contribution >= 0.6 is 12.2 Å². The van der Waals surface area contributed by atoms with E-state index in [-0.39, 0.29) is 18.0 Å². The zero-order valence-corrected chi connectivity index (χ0v) is 21.5. The summed E-state index contributed by atoms with van der Waals surface area (Å²) in [5.41, 5.74) is 7.05. The van der Waals surface area contributed by atoms with Crippen LogP contribution in [0.2, 0.25) is 0 Å². The summed E-state index contributed by atoms with van der Waals surface area (Å²) in [5.74, 6) is 0.819. The van der Waals surface area contributed by atoms with Gasteiger partial charge in [-0.25, -0.2) is 4.98 Å². The molecule has 1 saturated heterocycles. The van der Waals surface area contributed by atoms with E-state index in [1.165, 1.54) is 6.92 Å². The Morgan fingerprint density at radius 2 is 1.75 bits per heavy atom. The molecule has 0 aliphatic carbocycles. The van der Waals surface area contributed by atoms with Gasteiger partial charge in [-0.2, -0.15) is 0 Å². The number of thiocarbonyl (C=S) groups is 1. The van der Waals surface area contributed by atoms with Crippen molar-refractivity contribution in [1.29, 1.82) is 0 Å². The molecule has 4 aromatic rings. The van der Waals surface area contributed by atoms with Gasteiger partial charge in [0.15, 0.2) is 5.11 Å². The molecule has 0 spiro atoms. The van der Waals surface area contributed by atoms with Crippen molar-refractivity contribution < 1.29 is 4.79 Å². The van der Waals surface area contributed by atoms with Crippen LogP contribution in [0.25, 0.3) is 5.82 Å². The number of hydrogen-bond donors (Lipinski definition) is 2. The van der Waals surface area contributed by atoms with Crippen LogP contribution in [-0.4, -0.2) is 25.6 Å². The largest absolute Gasteiger partial charge is 0.351 e. The number of nitrogens with one attached hydrogen (secondary N) is 2. The average Bonchev–Trinajstić information content (AvgIpc) is 3.35. The van der Waals surface area contributed by atoms with Crippen LogP contribution < -0.4 is 15.5 Å². The maximum atomic E-state index is 11.5. The molecule has 2 atom stereocenters. The smallest absolute Gasteiger partial charge is 0.221 e. The van der Waals surface area contributed by atoms with Crippen LogP contribution in [0, 0.1) is 20.8 Å². The number of nitrogens with zero attached hydrogens (tertiary/aromatic N) is 4. The summed E-state index contributed by atoms with van der Waals surface area (Å²) in [5, 5.41) is 6.98. The maximum Gasteiger partial charge on any atom is 0.221 e. The predicted molar refractivity (Wildman–Crippen MR) is 146 cm³/mol. The highest BCUT2D eigenvalue weighted by molar-refractivity contribution is 7.80. The molecule has 1 aliphatic heterocycles. The van der Waals surface area contributed by atoms with Crippen LogP contribution in [0.4, 0.5) is 11.4 Å². The molecule has 5 rings (SSSR count). The molecule has 1 aromatic carbocycles. The lowest BCUT2D eigenvalue weighted by atomic mass is 9.96. The number of carbonyl (C=O) groups excluding carboxylic acids is 1. The highest BCUT2D eigenvalue weighted by atomic mass is 32.1. The summed E-state index contributed by atoms with van der Waals surface area (Å²) >= 11 is 5.87. The molecule has 182 valence electrons. The molecule has 0 saturated carbocycles. The Labute approximate surface area is 216 Å². The number of pyridine rings is 2. The number of amides is 1. The number of rotatable bonds is 5. The van der Waals surface area contributed by atoms with Gasteiger partial charge in [-0.3, -0.25) is 9.78 Å². The van der Waals surface area contributed by atoms with Crippen LogP contribution in [0.15, 0.2) is 73.1 Å². The predicted octanol–water partition coefficient (Wildman–Crippen LogP) is 5.33. The van der Waals surface area contributed by atoms with E-state index >= 15 is 0 Å². The summed E-state index contributed by atoms with van der Waals surface area (Å²) in [6.07, 6.45) is 3.63. The van der Waals surface area contributed by atoms with Gasteiger partial charge in [-0.15, -0.1) is 0 Å². The molecule has 8 heteroatoms. The fourth-order valence-electron chi connectivity index (χ4n) is 4.98. The van der Waals surface area contributed by atoms with Crippen molar-refractivity contribution in [2.24, 2.45) is 0 Å². The Balaban J connectivity index is 1.64. The summed E-state index contributed by atoms with van der Waals surface area (Å²) in [6.45, 7) is 7.81. The summed E-state index contributed by atoms with van der Waals surface area (Å²) in [4.78, 5) is 23.0. The molecule has 2 N–H and O–H groups in total. The Morgan fingerprint density at radius 1 is 1.00 bits per heavy atom. The summed E-state index contributed by atoms with van der Waals surface area (Å²) < 4.78 is 2.21. The lowest BCUT2D eigenvalue weighted by molar-refractivity contribution is -0.114. The van der Waals surface area contributed by atoms with Crippen molar-refractivity contribution in [3.05, 3.63) is 101 Å². The summed E-state index contributed by atoms with van der Waals surface area (Å²) in [7, 11) is 0. The minimum atomic E-state index is -0.146. The number of anilines is 2. The Hall–Kier alpha value is -4.04. The fourth-order valence-corrected chi connectivity index (χ4v) is 5.33. The fraction of sp³-hybridized carbons (Fsp3) is 0.214. The van der Waals surface area contributed by atoms with Gasteiger partial charge < -0.3 is 20.1 Å². The van der Waals surface area contributed by atoms with Crippen LogP contribution in [-0.2, 0) is 4.79 Å². The van der Waals surface area contributed by atoms with E-state index < -0.39 is 0 Å². The second-order valence-electron chi connectivity index (χ2n) is 9.03. The van der Waals surface area contributed by atoms with Gasteiger partial charge in [-0.1, -0.05) is 12.1 Å². The molecular formula is C28H28N6OS. The van der Waals surface area contributed by atoms with Gasteiger partial charge in [0.05, 0.1) is 17.8 Å². The lowest BCUT2D eigenvalue weighted by Crippen LogP contribution is -2.29. The van der Waals surface area contributed by atoms with E-state index in [0.717, 1.165) is 45.4 Å². The first-order valence-electron chi connectivity index (χ1n) is 11.8. The van der Waals surface area contributed by atoms with Crippen molar-refractivity contribution in [2.45, 2.75) is 39.8 Å². The lowest BCUT2D eigenvalue weighted by Gasteiger charge is -2.28. The molecule has 0 unspecified atom stereocenters. The van der Waals surface area contributed by atoms with Crippen LogP contribution in [0.3, 0.4) is 0 Å². The Morgan fingerprint density at radius 3 is 2.42 bits per heavy atom. The number of carbonyl (C=O) groups is 1. The quantitative estimate of drug-likeness (QED) is 0.364. The molecule has 1 amide bonds. The van der Waals surface area contributed by atoms with E-state index in [4.69, 9.17) is 12.2 Å². The third-order valence-electron chi connectivity index (χ3n) is 6.55. The molecule has 1 aliphatic rings. The first kappa shape index (κ1) is 23.7. The van der Waals surface area contributed by atoms with E-state index in [2.05, 4.69) is 63.0 Å². The van der Waals surface area contributed by atoms with Crippen molar-refractivity contribution in [2.75, 3.05) is 10.2 Å². The number of hydrogen-bond acceptors (Lipinski definition) is 4. The van der Waals surface area contributed by atoms with Crippen molar-refractivity contribution in [1.82, 2.24) is 19.9 Å². The number of aryl methyl sites for hydroxylation is 2. The number of aromatic nitrogens is 3. The molecule has 0 radical (unpaired) electrons. The van der Waals surface area contributed by atoms with Gasteiger partial charge in [0.25, 0.3) is 0 Å². The molecule has 1 fully saturated rings. The first-order chi connectivity index (χ1) is 17.3. The van der Waals surface area contributed by atoms with Crippen molar-refractivity contribution >= 4 is 34.6 Å². The molecule has 0 bridgehead atoms. The van der Waals surface area contributed by atoms with Crippen LogP contribution in [0.5, 0.6) is 0 Å². The van der Waals surface area contributed by atoms with Crippen molar-refractivity contribution in [3.8, 4) is 5.82 Å². The molecule has 7 nitrogen and oxygen atoms in total. The molecule has 4 heterocycles. The Bertz CT molecular complexity index is 1430. The minimum absolute atomic E-state index is 0.105. The Kier molecular flexibility index (Phi) is 6.28. The van der Waals surface area contributed by atoms with Gasteiger partial charge in [-0.05, 0) is 92.6 Å². The van der Waals surface area contributed by atoms with E-state index in [1.807, 2.05) is 60.9 Å². The van der Waals surface area contributed by atoms with E-state index in [1.54, 1.807) is 0 Å². The SMILES string of the molecule is CC(=O)Nc1ccc(N2C(=S)N[C@@H](c3ccccn3)[C@@H]2c2cc(C)n(-c3ncccc3C)c2C)cc1. The van der Waals surface area contributed by atoms with Crippen molar-refractivity contribution in [3.63, 3.8) is 0 Å². The third kappa shape index (κ3) is 4.24. The van der Waals surface area contributed by atoms with Gasteiger partial charge in [0.1, 0.15) is 5.82 Å². The molecular weight excluding hydrogens is 468 g/mol. The topological polar surface area (TPSA) is 75.1 Å². The monoisotopic (exact) mass is 496 g/mol. The van der Waals surface area contributed by atoms with Crippen LogP contribution in [0.1, 0.15) is 47.2 Å².